The second-order valence-corrected chi connectivity index (χ2v) is 5.00. The third-order valence-electron chi connectivity index (χ3n) is 3.66. The Labute approximate surface area is 126 Å². The second kappa shape index (κ2) is 5.07. The highest BCUT2D eigenvalue weighted by molar-refractivity contribution is 6.03. The first-order chi connectivity index (χ1) is 10.5. The normalized spacial score (nSPS) is 10.8. The largest absolute Gasteiger partial charge is 0.273 e. The number of hydrogen-bond acceptors (Lipinski definition) is 4. The van der Waals surface area contributed by atoms with Crippen LogP contribution < -0.4 is 0 Å². The van der Waals surface area contributed by atoms with Crippen molar-refractivity contribution in [3.63, 3.8) is 0 Å². The standard InChI is InChI=1S/C16H13N3O3/c1-10-12(6-5-9-14(10)19(21)22)16(20)18-11(2)17-13-7-3-4-8-15(13)18/h3-9H,1-2H3. The van der Waals surface area contributed by atoms with E-state index in [4.69, 9.17) is 0 Å². The Hall–Kier alpha value is -3.02. The van der Waals surface area contributed by atoms with E-state index >= 15 is 0 Å². The fraction of sp³-hybridized carbons (Fsp3) is 0.125. The molecule has 0 amide bonds. The number of carbonyl (C=O) groups excluding carboxylic acids is 1. The third kappa shape index (κ3) is 2.05. The van der Waals surface area contributed by atoms with Crippen molar-refractivity contribution in [2.24, 2.45) is 0 Å². The highest BCUT2D eigenvalue weighted by Crippen LogP contribution is 2.24. The van der Waals surface area contributed by atoms with Gasteiger partial charge in [0.1, 0.15) is 5.82 Å². The number of imidazole rings is 1. The molecule has 0 unspecified atom stereocenters. The van der Waals surface area contributed by atoms with Crippen molar-refractivity contribution < 1.29 is 9.72 Å². The Morgan fingerprint density at radius 3 is 2.59 bits per heavy atom. The number of nitro groups is 1. The van der Waals surface area contributed by atoms with Gasteiger partial charge in [-0.1, -0.05) is 18.2 Å². The summed E-state index contributed by atoms with van der Waals surface area (Å²) in [5.74, 6) is 0.240. The topological polar surface area (TPSA) is 78.0 Å². The molecule has 0 bridgehead atoms. The lowest BCUT2D eigenvalue weighted by molar-refractivity contribution is -0.385. The third-order valence-corrected chi connectivity index (χ3v) is 3.66. The average molecular weight is 295 g/mol. The molecular formula is C16H13N3O3. The van der Waals surface area contributed by atoms with Gasteiger partial charge < -0.3 is 0 Å². The first-order valence-electron chi connectivity index (χ1n) is 6.73. The van der Waals surface area contributed by atoms with Crippen molar-refractivity contribution in [3.8, 4) is 0 Å². The number of hydrogen-bond donors (Lipinski definition) is 0. The zero-order valence-electron chi connectivity index (χ0n) is 12.1. The van der Waals surface area contributed by atoms with Crippen molar-refractivity contribution in [2.45, 2.75) is 13.8 Å². The van der Waals surface area contributed by atoms with Crippen LogP contribution in [0.4, 0.5) is 5.69 Å². The molecule has 110 valence electrons. The summed E-state index contributed by atoms with van der Waals surface area (Å²) in [5, 5.41) is 11.0. The lowest BCUT2D eigenvalue weighted by atomic mass is 10.1. The van der Waals surface area contributed by atoms with Gasteiger partial charge in [-0.15, -0.1) is 0 Å². The van der Waals surface area contributed by atoms with Crippen LogP contribution in [0, 0.1) is 24.0 Å². The number of nitrogens with zero attached hydrogens (tertiary/aromatic N) is 3. The molecule has 0 atom stereocenters. The summed E-state index contributed by atoms with van der Waals surface area (Å²) in [6.07, 6.45) is 0. The zero-order valence-corrected chi connectivity index (χ0v) is 12.1. The van der Waals surface area contributed by atoms with Gasteiger partial charge in [-0.3, -0.25) is 19.5 Å². The van der Waals surface area contributed by atoms with Gasteiger partial charge in [0.25, 0.3) is 11.6 Å². The van der Waals surface area contributed by atoms with Crippen LogP contribution in [0.15, 0.2) is 42.5 Å². The first kappa shape index (κ1) is 13.9. The summed E-state index contributed by atoms with van der Waals surface area (Å²) in [7, 11) is 0. The maximum absolute atomic E-state index is 12.8. The zero-order chi connectivity index (χ0) is 15.9. The van der Waals surface area contributed by atoms with Crippen LogP contribution in [-0.2, 0) is 0 Å². The van der Waals surface area contributed by atoms with Crippen LogP contribution in [-0.4, -0.2) is 20.4 Å². The van der Waals surface area contributed by atoms with E-state index in [1.54, 1.807) is 26.0 Å². The van der Waals surface area contributed by atoms with E-state index in [0.717, 1.165) is 5.52 Å². The number of carbonyl (C=O) groups is 1. The summed E-state index contributed by atoms with van der Waals surface area (Å²) in [6, 6.07) is 11.8. The Kier molecular flexibility index (Phi) is 3.21. The van der Waals surface area contributed by atoms with Gasteiger partial charge in [0, 0.05) is 11.6 Å². The van der Waals surface area contributed by atoms with E-state index in [1.165, 1.54) is 16.7 Å². The Morgan fingerprint density at radius 2 is 1.86 bits per heavy atom. The molecule has 22 heavy (non-hydrogen) atoms. The molecule has 6 nitrogen and oxygen atoms in total. The highest BCUT2D eigenvalue weighted by Gasteiger charge is 2.21. The minimum atomic E-state index is -0.481. The molecule has 0 aliphatic rings. The SMILES string of the molecule is Cc1c(C(=O)n2c(C)nc3ccccc32)cccc1[N+](=O)[O-]. The fourth-order valence-electron chi connectivity index (χ4n) is 2.58. The van der Waals surface area contributed by atoms with E-state index in [1.807, 2.05) is 18.2 Å². The number of aromatic nitrogens is 2. The van der Waals surface area contributed by atoms with Crippen LogP contribution in [0.25, 0.3) is 11.0 Å². The number of benzene rings is 2. The lowest BCUT2D eigenvalue weighted by Crippen LogP contribution is -2.15. The Balaban J connectivity index is 2.21. The van der Waals surface area contributed by atoms with E-state index < -0.39 is 4.92 Å². The lowest BCUT2D eigenvalue weighted by Gasteiger charge is -2.08. The van der Waals surface area contributed by atoms with Gasteiger partial charge in [0.05, 0.1) is 21.5 Å². The predicted octanol–water partition coefficient (Wildman–Crippen LogP) is 3.25. The summed E-state index contributed by atoms with van der Waals surface area (Å²) in [5.41, 5.74) is 2.01. The molecule has 6 heteroatoms. The van der Waals surface area contributed by atoms with Crippen molar-refractivity contribution in [3.05, 3.63) is 69.5 Å². The van der Waals surface area contributed by atoms with Gasteiger partial charge >= 0.3 is 0 Å². The molecule has 0 radical (unpaired) electrons. The van der Waals surface area contributed by atoms with Gasteiger partial charge in [-0.05, 0) is 32.0 Å². The minimum Gasteiger partial charge on any atom is -0.268 e. The van der Waals surface area contributed by atoms with E-state index in [2.05, 4.69) is 4.98 Å². The van der Waals surface area contributed by atoms with E-state index in [-0.39, 0.29) is 11.6 Å². The fourth-order valence-corrected chi connectivity index (χ4v) is 2.58. The molecule has 0 N–H and O–H groups in total. The van der Waals surface area contributed by atoms with Gasteiger partial charge in [-0.25, -0.2) is 4.98 Å². The van der Waals surface area contributed by atoms with Gasteiger partial charge in [0.2, 0.25) is 0 Å². The highest BCUT2D eigenvalue weighted by atomic mass is 16.6. The number of fused-ring (bicyclic) bond motifs is 1. The number of aryl methyl sites for hydroxylation is 1. The summed E-state index contributed by atoms with van der Waals surface area (Å²) in [4.78, 5) is 27.7. The quantitative estimate of drug-likeness (QED) is 0.537. The Bertz CT molecular complexity index is 912. The number of nitro benzene ring substituents is 1. The average Bonchev–Trinajstić information content (AvgIpc) is 2.82. The van der Waals surface area contributed by atoms with Crippen molar-refractivity contribution >= 4 is 22.6 Å². The Morgan fingerprint density at radius 1 is 1.14 bits per heavy atom. The van der Waals surface area contributed by atoms with Crippen molar-refractivity contribution in [1.82, 2.24) is 9.55 Å². The van der Waals surface area contributed by atoms with Crippen LogP contribution in [0.1, 0.15) is 21.7 Å². The minimum absolute atomic E-state index is 0.0621. The maximum atomic E-state index is 12.8. The molecule has 0 saturated heterocycles. The van der Waals surface area contributed by atoms with Crippen molar-refractivity contribution in [2.75, 3.05) is 0 Å². The molecular weight excluding hydrogens is 282 g/mol. The van der Waals surface area contributed by atoms with Crippen LogP contribution in [0.2, 0.25) is 0 Å². The van der Waals surface area contributed by atoms with Crippen LogP contribution >= 0.6 is 0 Å². The molecule has 3 rings (SSSR count). The molecule has 1 aromatic heterocycles. The second-order valence-electron chi connectivity index (χ2n) is 5.00. The molecule has 0 fully saturated rings. The number of rotatable bonds is 2. The van der Waals surface area contributed by atoms with Gasteiger partial charge in [0.15, 0.2) is 0 Å². The smallest absolute Gasteiger partial charge is 0.268 e. The molecule has 1 heterocycles. The monoisotopic (exact) mass is 295 g/mol. The predicted molar refractivity (Wildman–Crippen MR) is 82.0 cm³/mol. The maximum Gasteiger partial charge on any atom is 0.273 e. The summed E-state index contributed by atoms with van der Waals surface area (Å²) < 4.78 is 1.49. The molecule has 3 aromatic rings. The van der Waals surface area contributed by atoms with E-state index in [9.17, 15) is 14.9 Å². The summed E-state index contributed by atoms with van der Waals surface area (Å²) in [6.45, 7) is 3.32. The first-order valence-corrected chi connectivity index (χ1v) is 6.73. The molecule has 0 aliphatic heterocycles. The van der Waals surface area contributed by atoms with E-state index in [0.29, 0.717) is 22.5 Å². The van der Waals surface area contributed by atoms with Crippen LogP contribution in [0.3, 0.4) is 0 Å². The summed E-state index contributed by atoms with van der Waals surface area (Å²) >= 11 is 0. The van der Waals surface area contributed by atoms with Gasteiger partial charge in [-0.2, -0.15) is 0 Å². The van der Waals surface area contributed by atoms with Crippen LogP contribution in [0.5, 0.6) is 0 Å². The number of para-hydroxylation sites is 2. The molecule has 0 saturated carbocycles. The molecule has 0 aliphatic carbocycles. The van der Waals surface area contributed by atoms with Crippen molar-refractivity contribution in [1.29, 1.82) is 0 Å². The molecule has 2 aromatic carbocycles. The molecule has 0 spiro atoms.